The van der Waals surface area contributed by atoms with Crippen LogP contribution in [0.2, 0.25) is 0 Å². The third kappa shape index (κ3) is 6.13. The Bertz CT molecular complexity index is 64.0. The summed E-state index contributed by atoms with van der Waals surface area (Å²) in [5.74, 6) is -1.41. The molecule has 0 radical (unpaired) electrons. The third-order valence-corrected chi connectivity index (χ3v) is 0.340. The van der Waals surface area contributed by atoms with Crippen LogP contribution in [0.1, 0.15) is 6.92 Å². The van der Waals surface area contributed by atoms with Gasteiger partial charge >= 0.3 is 5.97 Å². The first-order valence-corrected chi connectivity index (χ1v) is 1.51. The van der Waals surface area contributed by atoms with Gasteiger partial charge in [0.2, 0.25) is 0 Å². The average molecular weight is 220 g/mol. The van der Waals surface area contributed by atoms with Gasteiger partial charge in [0.15, 0.2) is 6.17 Å². The van der Waals surface area contributed by atoms with Crippen molar-refractivity contribution in [3.05, 3.63) is 0 Å². The molecule has 1 atom stereocenters. The molecule has 0 heterocycles. The van der Waals surface area contributed by atoms with Crippen LogP contribution in [0.4, 0.5) is 4.39 Å². The molecule has 0 aromatic carbocycles. The molecular weight excluding hydrogens is 214 g/mol. The maximum atomic E-state index is 11.2. The molecule has 4 heteroatoms. The fourth-order valence-corrected chi connectivity index (χ4v) is 0. The van der Waals surface area contributed by atoms with Gasteiger partial charge in [-0.05, 0) is 6.92 Å². The second-order valence-corrected chi connectivity index (χ2v) is 0.954. The minimum atomic E-state index is -1.73. The predicted molar refractivity (Wildman–Crippen MR) is 33.6 cm³/mol. The monoisotopic (exact) mass is 220 g/mol. The van der Waals surface area contributed by atoms with Gasteiger partial charge in [-0.25, -0.2) is 9.18 Å². The van der Waals surface area contributed by atoms with Crippen LogP contribution >= 0.6 is 24.0 Å². The van der Waals surface area contributed by atoms with E-state index in [1.54, 1.807) is 0 Å². The fourth-order valence-electron chi connectivity index (χ4n) is 0. The lowest BCUT2D eigenvalue weighted by Crippen LogP contribution is -2.08. The molecule has 1 N–H and O–H groups in total. The lowest BCUT2D eigenvalue weighted by atomic mass is 10.5. The van der Waals surface area contributed by atoms with E-state index in [1.807, 2.05) is 0 Å². The molecule has 1 unspecified atom stereocenters. The molecule has 2 nitrogen and oxygen atoms in total. The molecule has 0 fully saturated rings. The highest BCUT2D eigenvalue weighted by Crippen LogP contribution is 1.83. The van der Waals surface area contributed by atoms with Crippen LogP contribution in [-0.4, -0.2) is 17.2 Å². The number of carboxylic acid groups (broad SMARTS) is 1. The first-order chi connectivity index (χ1) is 2.64. The van der Waals surface area contributed by atoms with Crippen molar-refractivity contribution in [3.63, 3.8) is 0 Å². The standard InChI is InChI=1S/C3H5FO2.HI/c1-2(4)3(5)6;/h2H,1H3,(H,5,6);1H. The summed E-state index contributed by atoms with van der Waals surface area (Å²) >= 11 is 0. The van der Waals surface area contributed by atoms with Crippen molar-refractivity contribution in [1.82, 2.24) is 0 Å². The van der Waals surface area contributed by atoms with Gasteiger partial charge < -0.3 is 5.11 Å². The van der Waals surface area contributed by atoms with Gasteiger partial charge in [-0.1, -0.05) is 0 Å². The highest BCUT2D eigenvalue weighted by atomic mass is 127. The molecule has 0 aliphatic carbocycles. The molecular formula is C3H6FIO2. The lowest BCUT2D eigenvalue weighted by Gasteiger charge is -1.85. The Kier molecular flexibility index (Phi) is 6.24. The summed E-state index contributed by atoms with van der Waals surface area (Å²) in [4.78, 5) is 9.32. The summed E-state index contributed by atoms with van der Waals surface area (Å²) < 4.78 is 11.2. The number of carbonyl (C=O) groups is 1. The van der Waals surface area contributed by atoms with Crippen molar-refractivity contribution in [2.24, 2.45) is 0 Å². The number of carboxylic acids is 1. The van der Waals surface area contributed by atoms with Gasteiger partial charge in [-0.3, -0.25) is 0 Å². The molecule has 7 heavy (non-hydrogen) atoms. The number of hydrogen-bond donors (Lipinski definition) is 1. The highest BCUT2D eigenvalue weighted by molar-refractivity contribution is 14.0. The van der Waals surface area contributed by atoms with Crippen LogP contribution in [0.5, 0.6) is 0 Å². The SMILES string of the molecule is CC(F)C(=O)O.I. The van der Waals surface area contributed by atoms with E-state index in [4.69, 9.17) is 5.11 Å². The van der Waals surface area contributed by atoms with Crippen molar-refractivity contribution in [2.45, 2.75) is 13.1 Å². The smallest absolute Gasteiger partial charge is 0.337 e. The summed E-state index contributed by atoms with van der Waals surface area (Å²) in [6, 6.07) is 0. The zero-order chi connectivity index (χ0) is 5.15. The number of halogens is 2. The van der Waals surface area contributed by atoms with E-state index in [2.05, 4.69) is 0 Å². The van der Waals surface area contributed by atoms with Crippen molar-refractivity contribution in [1.29, 1.82) is 0 Å². The fraction of sp³-hybridized carbons (Fsp3) is 0.667. The minimum absolute atomic E-state index is 0. The average Bonchev–Trinajstić information content (AvgIpc) is 1.36. The second-order valence-electron chi connectivity index (χ2n) is 0.954. The van der Waals surface area contributed by atoms with Crippen LogP contribution in [0, 0.1) is 0 Å². The Balaban J connectivity index is 0. The van der Waals surface area contributed by atoms with Crippen molar-refractivity contribution >= 4 is 29.9 Å². The first kappa shape index (κ1) is 10.2. The Morgan fingerprint density at radius 2 is 2.00 bits per heavy atom. The van der Waals surface area contributed by atoms with E-state index in [1.165, 1.54) is 0 Å². The van der Waals surface area contributed by atoms with Gasteiger partial charge in [0.25, 0.3) is 0 Å². The van der Waals surface area contributed by atoms with Crippen molar-refractivity contribution in [2.75, 3.05) is 0 Å². The number of hydrogen-bond acceptors (Lipinski definition) is 1. The molecule has 0 saturated heterocycles. The minimum Gasteiger partial charge on any atom is -0.479 e. The first-order valence-electron chi connectivity index (χ1n) is 1.51. The van der Waals surface area contributed by atoms with E-state index >= 15 is 0 Å². The highest BCUT2D eigenvalue weighted by Gasteiger charge is 2.04. The van der Waals surface area contributed by atoms with Gasteiger partial charge in [0.1, 0.15) is 0 Å². The largest absolute Gasteiger partial charge is 0.479 e. The van der Waals surface area contributed by atoms with Crippen LogP contribution in [0.15, 0.2) is 0 Å². The van der Waals surface area contributed by atoms with Crippen LogP contribution < -0.4 is 0 Å². The maximum Gasteiger partial charge on any atom is 0.337 e. The Morgan fingerprint density at radius 3 is 2.00 bits per heavy atom. The quantitative estimate of drug-likeness (QED) is 0.670. The number of alkyl halides is 1. The topological polar surface area (TPSA) is 37.3 Å². The molecule has 0 aromatic heterocycles. The summed E-state index contributed by atoms with van der Waals surface area (Å²) in [6.07, 6.45) is -1.73. The van der Waals surface area contributed by atoms with Crippen LogP contribution in [-0.2, 0) is 4.79 Å². The van der Waals surface area contributed by atoms with Gasteiger partial charge in [-0.15, -0.1) is 24.0 Å². The number of rotatable bonds is 1. The normalized spacial score (nSPS) is 11.7. The van der Waals surface area contributed by atoms with Crippen molar-refractivity contribution in [3.8, 4) is 0 Å². The number of aliphatic carboxylic acids is 1. The molecule has 0 aliphatic heterocycles. The zero-order valence-corrected chi connectivity index (χ0v) is 6.05. The van der Waals surface area contributed by atoms with E-state index < -0.39 is 12.1 Å². The van der Waals surface area contributed by atoms with Crippen molar-refractivity contribution < 1.29 is 14.3 Å². The van der Waals surface area contributed by atoms with E-state index in [-0.39, 0.29) is 24.0 Å². The summed E-state index contributed by atoms with van der Waals surface area (Å²) in [7, 11) is 0. The Hall–Kier alpha value is 0.130. The Morgan fingerprint density at radius 1 is 1.86 bits per heavy atom. The van der Waals surface area contributed by atoms with Gasteiger partial charge in [-0.2, -0.15) is 0 Å². The van der Waals surface area contributed by atoms with E-state index in [0.717, 1.165) is 6.92 Å². The molecule has 0 saturated carbocycles. The molecule has 0 amide bonds. The second kappa shape index (κ2) is 4.29. The molecule has 0 rings (SSSR count). The third-order valence-electron chi connectivity index (χ3n) is 0.340. The predicted octanol–water partition coefficient (Wildman–Crippen LogP) is 1.05. The summed E-state index contributed by atoms with van der Waals surface area (Å²) in [5, 5.41) is 7.62. The van der Waals surface area contributed by atoms with Crippen LogP contribution in [0.3, 0.4) is 0 Å². The Labute approximate surface area is 57.7 Å². The molecule has 44 valence electrons. The summed E-state index contributed by atoms with van der Waals surface area (Å²) in [6.45, 7) is 0.975. The summed E-state index contributed by atoms with van der Waals surface area (Å²) in [5.41, 5.74) is 0. The maximum absolute atomic E-state index is 11.2. The van der Waals surface area contributed by atoms with E-state index in [0.29, 0.717) is 0 Å². The zero-order valence-electron chi connectivity index (χ0n) is 3.72. The van der Waals surface area contributed by atoms with Crippen LogP contribution in [0.25, 0.3) is 0 Å². The van der Waals surface area contributed by atoms with E-state index in [9.17, 15) is 9.18 Å². The van der Waals surface area contributed by atoms with Gasteiger partial charge in [0, 0.05) is 0 Å². The van der Waals surface area contributed by atoms with Gasteiger partial charge in [0.05, 0.1) is 0 Å². The molecule has 0 spiro atoms. The lowest BCUT2D eigenvalue weighted by molar-refractivity contribution is -0.142. The molecule has 0 aromatic rings. The molecule has 0 bridgehead atoms. The molecule has 0 aliphatic rings.